The van der Waals surface area contributed by atoms with Gasteiger partial charge in [0.1, 0.15) is 5.82 Å². The van der Waals surface area contributed by atoms with E-state index < -0.39 is 0 Å². The molecule has 4 aromatic rings. The van der Waals surface area contributed by atoms with Crippen LogP contribution in [-0.2, 0) is 17.9 Å². The molecule has 1 fully saturated rings. The highest BCUT2D eigenvalue weighted by molar-refractivity contribution is 6.32. The number of amides is 2. The molecule has 10 heteroatoms. The Morgan fingerprint density at radius 2 is 1.89 bits per heavy atom. The molecule has 0 bridgehead atoms. The number of carbonyl (C=O) groups is 2. The second-order valence-electron chi connectivity index (χ2n) is 9.91. The lowest BCUT2D eigenvalue weighted by molar-refractivity contribution is -0.112. The maximum absolute atomic E-state index is 15.0. The molecule has 1 saturated heterocycles. The number of urea groups is 1. The fourth-order valence-electron chi connectivity index (χ4n) is 5.95. The fraction of sp³-hybridized carbons (Fsp3) is 0.333. The molecule has 3 aromatic heterocycles. The molecule has 7 rings (SSSR count). The molecular formula is C27H26FN7O2. The maximum atomic E-state index is 15.0. The minimum atomic E-state index is -0.362. The monoisotopic (exact) mass is 499 g/mol. The number of imidazole rings is 1. The number of ketones is 1. The van der Waals surface area contributed by atoms with E-state index in [-0.39, 0.29) is 24.2 Å². The number of likely N-dealkylation sites (tertiary alicyclic amines) is 1. The number of nitrogens with zero attached hydrogens (tertiary/aromatic N) is 6. The number of piperidine rings is 1. The van der Waals surface area contributed by atoms with Crippen LogP contribution in [0.5, 0.6) is 0 Å². The molecule has 0 atom stereocenters. The zero-order chi connectivity index (χ0) is 25.1. The standard InChI is InChI=1S/C27H26FN7O2/c28-18-11-17-15-34(27(37)32-6-2-1-3-7-32)10-9-33-16-20(19(12-18)25(17)33)24-23(22(36)14-30-24)21-13-31-26-29-5-4-8-35(21)26/h4-5,8,11-13,16,30H,1-3,6-7,9-10,14-15H2. The van der Waals surface area contributed by atoms with Gasteiger partial charge in [-0.2, -0.15) is 0 Å². The van der Waals surface area contributed by atoms with E-state index in [1.54, 1.807) is 22.9 Å². The van der Waals surface area contributed by atoms with E-state index in [0.717, 1.165) is 54.4 Å². The Labute approximate surface area is 212 Å². The van der Waals surface area contributed by atoms with Crippen LogP contribution in [-0.4, -0.2) is 66.7 Å². The van der Waals surface area contributed by atoms with Crippen molar-refractivity contribution >= 4 is 39.8 Å². The Balaban J connectivity index is 1.34. The molecule has 188 valence electrons. The molecule has 0 aliphatic carbocycles. The number of nitrogens with one attached hydrogen (secondary N) is 1. The van der Waals surface area contributed by atoms with Gasteiger partial charge in [0.05, 0.1) is 35.2 Å². The van der Waals surface area contributed by atoms with Gasteiger partial charge < -0.3 is 19.7 Å². The quantitative estimate of drug-likeness (QED) is 0.457. The minimum absolute atomic E-state index is 0.0253. The van der Waals surface area contributed by atoms with E-state index in [0.29, 0.717) is 42.4 Å². The third-order valence-corrected chi connectivity index (χ3v) is 7.65. The molecule has 1 aromatic carbocycles. The van der Waals surface area contributed by atoms with Crippen LogP contribution in [0.25, 0.3) is 28.0 Å². The summed E-state index contributed by atoms with van der Waals surface area (Å²) in [6, 6.07) is 4.88. The van der Waals surface area contributed by atoms with Gasteiger partial charge in [0.15, 0.2) is 5.78 Å². The SMILES string of the molecule is O=C1CNC(c2cn3c4c(cc(F)cc24)CN(C(=O)N2CCCCC2)CC3)=C1c1cnc2ncccn12. The topological polar surface area (TPSA) is 87.8 Å². The molecule has 3 aliphatic rings. The lowest BCUT2D eigenvalue weighted by Crippen LogP contribution is -2.45. The highest BCUT2D eigenvalue weighted by Gasteiger charge is 2.32. The number of rotatable bonds is 2. The molecule has 9 nitrogen and oxygen atoms in total. The molecular weight excluding hydrogens is 473 g/mol. The number of Topliss-reactive ketones (excluding diaryl/α,β-unsaturated/α-hetero) is 1. The molecule has 0 radical (unpaired) electrons. The van der Waals surface area contributed by atoms with Gasteiger partial charge in [-0.25, -0.2) is 19.2 Å². The van der Waals surface area contributed by atoms with Gasteiger partial charge in [0.2, 0.25) is 5.78 Å². The van der Waals surface area contributed by atoms with Crippen molar-refractivity contribution in [2.45, 2.75) is 32.4 Å². The van der Waals surface area contributed by atoms with E-state index in [1.807, 2.05) is 22.2 Å². The Kier molecular flexibility index (Phi) is 5.02. The van der Waals surface area contributed by atoms with E-state index in [4.69, 9.17) is 0 Å². The predicted octanol–water partition coefficient (Wildman–Crippen LogP) is 3.29. The van der Waals surface area contributed by atoms with Crippen LogP contribution >= 0.6 is 0 Å². The summed E-state index contributed by atoms with van der Waals surface area (Å²) >= 11 is 0. The van der Waals surface area contributed by atoms with Gasteiger partial charge >= 0.3 is 6.03 Å². The summed E-state index contributed by atoms with van der Waals surface area (Å²) in [4.78, 5) is 38.7. The zero-order valence-electron chi connectivity index (χ0n) is 20.3. The average molecular weight is 500 g/mol. The Morgan fingerprint density at radius 1 is 1.03 bits per heavy atom. The van der Waals surface area contributed by atoms with E-state index in [9.17, 15) is 9.59 Å². The van der Waals surface area contributed by atoms with Crippen molar-refractivity contribution in [3.05, 3.63) is 65.6 Å². The van der Waals surface area contributed by atoms with Crippen molar-refractivity contribution in [1.82, 2.24) is 34.1 Å². The number of carbonyl (C=O) groups excluding carboxylic acids is 2. The van der Waals surface area contributed by atoms with Crippen LogP contribution in [0.15, 0.2) is 43.0 Å². The lowest BCUT2D eigenvalue weighted by atomic mass is 10.0. The van der Waals surface area contributed by atoms with Crippen molar-refractivity contribution in [3.63, 3.8) is 0 Å². The van der Waals surface area contributed by atoms with Crippen molar-refractivity contribution < 1.29 is 14.0 Å². The first kappa shape index (κ1) is 22.0. The smallest absolute Gasteiger partial charge is 0.320 e. The summed E-state index contributed by atoms with van der Waals surface area (Å²) in [6.45, 7) is 3.19. The normalized spacial score (nSPS) is 18.1. The summed E-state index contributed by atoms with van der Waals surface area (Å²) in [5.74, 6) is 0.0931. The number of halogens is 1. The molecule has 0 saturated carbocycles. The Hall–Kier alpha value is -4.21. The van der Waals surface area contributed by atoms with Gasteiger partial charge in [0.25, 0.3) is 0 Å². The van der Waals surface area contributed by atoms with Gasteiger partial charge in [-0.3, -0.25) is 9.20 Å². The van der Waals surface area contributed by atoms with Crippen LogP contribution in [0.1, 0.15) is 36.1 Å². The maximum Gasteiger partial charge on any atom is 0.320 e. The molecule has 2 amide bonds. The first-order valence-electron chi connectivity index (χ1n) is 12.7. The second kappa shape index (κ2) is 8.43. The van der Waals surface area contributed by atoms with Crippen molar-refractivity contribution in [1.29, 1.82) is 0 Å². The summed E-state index contributed by atoms with van der Waals surface area (Å²) in [6.07, 6.45) is 10.3. The molecule has 0 spiro atoms. The summed E-state index contributed by atoms with van der Waals surface area (Å²) in [5, 5.41) is 3.99. The van der Waals surface area contributed by atoms with Gasteiger partial charge in [-0.05, 0) is 43.0 Å². The van der Waals surface area contributed by atoms with E-state index in [1.165, 1.54) is 12.1 Å². The molecule has 3 aliphatic heterocycles. The van der Waals surface area contributed by atoms with Crippen LogP contribution in [0.4, 0.5) is 9.18 Å². The Morgan fingerprint density at radius 3 is 2.76 bits per heavy atom. The number of fused-ring (bicyclic) bond motifs is 1. The first-order valence-corrected chi connectivity index (χ1v) is 12.7. The van der Waals surface area contributed by atoms with Crippen LogP contribution in [0.2, 0.25) is 0 Å². The van der Waals surface area contributed by atoms with Gasteiger partial charge in [-0.1, -0.05) is 0 Å². The summed E-state index contributed by atoms with van der Waals surface area (Å²) < 4.78 is 18.9. The highest BCUT2D eigenvalue weighted by atomic mass is 19.1. The molecule has 0 unspecified atom stereocenters. The molecule has 1 N–H and O–H groups in total. The van der Waals surface area contributed by atoms with Crippen molar-refractivity contribution in [2.24, 2.45) is 0 Å². The average Bonchev–Trinajstić information content (AvgIpc) is 3.57. The van der Waals surface area contributed by atoms with E-state index >= 15 is 4.39 Å². The predicted molar refractivity (Wildman–Crippen MR) is 136 cm³/mol. The minimum Gasteiger partial charge on any atom is -0.376 e. The van der Waals surface area contributed by atoms with Crippen LogP contribution in [0.3, 0.4) is 0 Å². The first-order chi connectivity index (χ1) is 18.1. The number of hydrogen-bond acceptors (Lipinski definition) is 5. The van der Waals surface area contributed by atoms with Gasteiger partial charge in [0, 0.05) is 62.3 Å². The van der Waals surface area contributed by atoms with Crippen molar-refractivity contribution in [2.75, 3.05) is 26.2 Å². The fourth-order valence-corrected chi connectivity index (χ4v) is 5.95. The lowest BCUT2D eigenvalue weighted by Gasteiger charge is -2.32. The van der Waals surface area contributed by atoms with E-state index in [2.05, 4.69) is 19.9 Å². The molecule has 6 heterocycles. The third-order valence-electron chi connectivity index (χ3n) is 7.65. The van der Waals surface area contributed by atoms with Crippen molar-refractivity contribution in [3.8, 4) is 0 Å². The molecule has 37 heavy (non-hydrogen) atoms. The largest absolute Gasteiger partial charge is 0.376 e. The zero-order valence-corrected chi connectivity index (χ0v) is 20.3. The van der Waals surface area contributed by atoms with Crippen LogP contribution < -0.4 is 5.32 Å². The summed E-state index contributed by atoms with van der Waals surface area (Å²) in [5.41, 5.74) is 4.28. The summed E-state index contributed by atoms with van der Waals surface area (Å²) in [7, 11) is 0. The third kappa shape index (κ3) is 3.50. The number of aromatic nitrogens is 4. The Bertz CT molecular complexity index is 1610. The number of hydrogen-bond donors (Lipinski definition) is 1. The van der Waals surface area contributed by atoms with Gasteiger partial charge in [-0.15, -0.1) is 0 Å². The highest BCUT2D eigenvalue weighted by Crippen LogP contribution is 2.37. The second-order valence-corrected chi connectivity index (χ2v) is 9.91. The number of benzene rings is 1. The van der Waals surface area contributed by atoms with Crippen LogP contribution in [0, 0.1) is 5.82 Å².